The Bertz CT molecular complexity index is 138. The van der Waals surface area contributed by atoms with E-state index < -0.39 is 0 Å². The highest BCUT2D eigenvalue weighted by atomic mass is 16.5. The summed E-state index contributed by atoms with van der Waals surface area (Å²) in [7, 11) is 0. The van der Waals surface area contributed by atoms with Gasteiger partial charge in [-0.05, 0) is 44.1 Å². The van der Waals surface area contributed by atoms with E-state index in [1.165, 1.54) is 19.3 Å². The minimum absolute atomic E-state index is 0.512. The molecular weight excluding hydrogens is 162 g/mol. The SMILES string of the molecule is CC1CCC(OCCCN)CC1C. The van der Waals surface area contributed by atoms with Crippen LogP contribution >= 0.6 is 0 Å². The average Bonchev–Trinajstić information content (AvgIpc) is 2.12. The Balaban J connectivity index is 2.14. The van der Waals surface area contributed by atoms with E-state index in [0.717, 1.165) is 31.4 Å². The van der Waals surface area contributed by atoms with E-state index in [1.54, 1.807) is 0 Å². The summed E-state index contributed by atoms with van der Waals surface area (Å²) in [6.45, 7) is 6.28. The monoisotopic (exact) mass is 185 g/mol. The van der Waals surface area contributed by atoms with Crippen molar-refractivity contribution >= 4 is 0 Å². The molecule has 0 amide bonds. The van der Waals surface area contributed by atoms with Crippen molar-refractivity contribution in [3.8, 4) is 0 Å². The third-order valence-electron chi connectivity index (χ3n) is 3.25. The Labute approximate surface area is 81.8 Å². The first-order valence-corrected chi connectivity index (χ1v) is 5.55. The van der Waals surface area contributed by atoms with Gasteiger partial charge in [0.2, 0.25) is 0 Å². The van der Waals surface area contributed by atoms with Gasteiger partial charge in [0.1, 0.15) is 0 Å². The highest BCUT2D eigenvalue weighted by molar-refractivity contribution is 4.75. The summed E-state index contributed by atoms with van der Waals surface area (Å²) in [5.74, 6) is 1.71. The largest absolute Gasteiger partial charge is 0.378 e. The summed E-state index contributed by atoms with van der Waals surface area (Å²) < 4.78 is 5.76. The lowest BCUT2D eigenvalue weighted by Crippen LogP contribution is -2.27. The number of hydrogen-bond donors (Lipinski definition) is 1. The van der Waals surface area contributed by atoms with Gasteiger partial charge in [-0.3, -0.25) is 0 Å². The van der Waals surface area contributed by atoms with E-state index in [9.17, 15) is 0 Å². The molecule has 0 aromatic carbocycles. The van der Waals surface area contributed by atoms with E-state index in [4.69, 9.17) is 10.5 Å². The molecule has 1 aliphatic carbocycles. The van der Waals surface area contributed by atoms with Crippen molar-refractivity contribution in [2.24, 2.45) is 17.6 Å². The van der Waals surface area contributed by atoms with Crippen molar-refractivity contribution in [3.05, 3.63) is 0 Å². The van der Waals surface area contributed by atoms with Gasteiger partial charge in [-0.15, -0.1) is 0 Å². The maximum atomic E-state index is 5.76. The molecule has 1 fully saturated rings. The van der Waals surface area contributed by atoms with Crippen LogP contribution < -0.4 is 5.73 Å². The van der Waals surface area contributed by atoms with E-state index >= 15 is 0 Å². The second-order valence-corrected chi connectivity index (χ2v) is 4.40. The van der Waals surface area contributed by atoms with E-state index in [-0.39, 0.29) is 0 Å². The van der Waals surface area contributed by atoms with E-state index in [1.807, 2.05) is 0 Å². The fraction of sp³-hybridized carbons (Fsp3) is 1.00. The van der Waals surface area contributed by atoms with Crippen LogP contribution in [0.3, 0.4) is 0 Å². The predicted octanol–water partition coefficient (Wildman–Crippen LogP) is 2.18. The molecule has 0 aliphatic heterocycles. The lowest BCUT2D eigenvalue weighted by Gasteiger charge is -2.31. The van der Waals surface area contributed by atoms with Crippen LogP contribution in [0.15, 0.2) is 0 Å². The van der Waals surface area contributed by atoms with Crippen LogP contribution in [-0.2, 0) is 4.74 Å². The standard InChI is InChI=1S/C11H23NO/c1-9-4-5-11(8-10(9)2)13-7-3-6-12/h9-11H,3-8,12H2,1-2H3. The van der Waals surface area contributed by atoms with Gasteiger partial charge in [0, 0.05) is 6.61 Å². The fourth-order valence-electron chi connectivity index (χ4n) is 1.98. The summed E-state index contributed by atoms with van der Waals surface area (Å²) in [4.78, 5) is 0. The first-order chi connectivity index (χ1) is 6.24. The number of ether oxygens (including phenoxy) is 1. The number of rotatable bonds is 4. The van der Waals surface area contributed by atoms with Crippen LogP contribution in [-0.4, -0.2) is 19.3 Å². The number of hydrogen-bond acceptors (Lipinski definition) is 2. The molecule has 0 aromatic heterocycles. The molecule has 0 spiro atoms. The molecule has 0 radical (unpaired) electrons. The third-order valence-corrected chi connectivity index (χ3v) is 3.25. The normalized spacial score (nSPS) is 34.8. The molecule has 2 heteroatoms. The summed E-state index contributed by atoms with van der Waals surface area (Å²) in [6.07, 6.45) is 5.33. The zero-order valence-electron chi connectivity index (χ0n) is 8.96. The van der Waals surface area contributed by atoms with Crippen molar-refractivity contribution in [1.29, 1.82) is 0 Å². The summed E-state index contributed by atoms with van der Waals surface area (Å²) >= 11 is 0. The van der Waals surface area contributed by atoms with Crippen molar-refractivity contribution in [2.75, 3.05) is 13.2 Å². The van der Waals surface area contributed by atoms with Crippen molar-refractivity contribution in [1.82, 2.24) is 0 Å². The molecule has 13 heavy (non-hydrogen) atoms. The maximum Gasteiger partial charge on any atom is 0.0577 e. The van der Waals surface area contributed by atoms with Gasteiger partial charge >= 0.3 is 0 Å². The minimum atomic E-state index is 0.512. The molecule has 2 N–H and O–H groups in total. The lowest BCUT2D eigenvalue weighted by molar-refractivity contribution is 0.00239. The highest BCUT2D eigenvalue weighted by Gasteiger charge is 2.24. The molecule has 78 valence electrons. The Morgan fingerprint density at radius 3 is 2.62 bits per heavy atom. The summed E-state index contributed by atoms with van der Waals surface area (Å²) in [6, 6.07) is 0. The molecule has 1 aliphatic rings. The van der Waals surface area contributed by atoms with Crippen molar-refractivity contribution in [3.63, 3.8) is 0 Å². The van der Waals surface area contributed by atoms with Crippen LogP contribution in [0.1, 0.15) is 39.5 Å². The number of nitrogens with two attached hydrogens (primary N) is 1. The quantitative estimate of drug-likeness (QED) is 0.681. The van der Waals surface area contributed by atoms with Gasteiger partial charge in [0.25, 0.3) is 0 Å². The van der Waals surface area contributed by atoms with Crippen molar-refractivity contribution < 1.29 is 4.74 Å². The molecule has 0 aromatic rings. The molecule has 1 saturated carbocycles. The summed E-state index contributed by atoms with van der Waals surface area (Å²) in [5, 5.41) is 0. The Kier molecular flexibility index (Phi) is 4.74. The average molecular weight is 185 g/mol. The molecule has 2 nitrogen and oxygen atoms in total. The van der Waals surface area contributed by atoms with Gasteiger partial charge < -0.3 is 10.5 Å². The first kappa shape index (κ1) is 11.0. The van der Waals surface area contributed by atoms with Gasteiger partial charge in [0.15, 0.2) is 0 Å². The lowest BCUT2D eigenvalue weighted by atomic mass is 9.80. The summed E-state index contributed by atoms with van der Waals surface area (Å²) in [5.41, 5.74) is 5.41. The van der Waals surface area contributed by atoms with Gasteiger partial charge in [-0.2, -0.15) is 0 Å². The Morgan fingerprint density at radius 2 is 2.00 bits per heavy atom. The second kappa shape index (κ2) is 5.61. The molecule has 0 heterocycles. The fourth-order valence-corrected chi connectivity index (χ4v) is 1.98. The van der Waals surface area contributed by atoms with Gasteiger partial charge in [-0.1, -0.05) is 13.8 Å². The highest BCUT2D eigenvalue weighted by Crippen LogP contribution is 2.30. The zero-order valence-corrected chi connectivity index (χ0v) is 8.96. The molecule has 1 rings (SSSR count). The van der Waals surface area contributed by atoms with E-state index in [2.05, 4.69) is 13.8 Å². The molecule has 3 unspecified atom stereocenters. The predicted molar refractivity (Wildman–Crippen MR) is 55.6 cm³/mol. The smallest absolute Gasteiger partial charge is 0.0577 e. The van der Waals surface area contributed by atoms with Gasteiger partial charge in [0.05, 0.1) is 6.10 Å². The topological polar surface area (TPSA) is 35.2 Å². The van der Waals surface area contributed by atoms with Crippen LogP contribution in [0.25, 0.3) is 0 Å². The molecule has 3 atom stereocenters. The van der Waals surface area contributed by atoms with Crippen LogP contribution in [0.4, 0.5) is 0 Å². The van der Waals surface area contributed by atoms with Crippen LogP contribution in [0.5, 0.6) is 0 Å². The zero-order chi connectivity index (χ0) is 9.68. The van der Waals surface area contributed by atoms with Crippen molar-refractivity contribution in [2.45, 2.75) is 45.6 Å². The minimum Gasteiger partial charge on any atom is -0.378 e. The molecule has 0 bridgehead atoms. The Hall–Kier alpha value is -0.0800. The first-order valence-electron chi connectivity index (χ1n) is 5.55. The maximum absolute atomic E-state index is 5.76. The second-order valence-electron chi connectivity index (χ2n) is 4.40. The van der Waals surface area contributed by atoms with Crippen LogP contribution in [0, 0.1) is 11.8 Å². The van der Waals surface area contributed by atoms with E-state index in [0.29, 0.717) is 6.10 Å². The Morgan fingerprint density at radius 1 is 1.23 bits per heavy atom. The molecule has 0 saturated heterocycles. The van der Waals surface area contributed by atoms with Crippen LogP contribution in [0.2, 0.25) is 0 Å². The molecular formula is C11H23NO. The third kappa shape index (κ3) is 3.65. The van der Waals surface area contributed by atoms with Gasteiger partial charge in [-0.25, -0.2) is 0 Å².